The molecule has 3 rings (SSSR count). The molecule has 8 nitrogen and oxygen atoms in total. The third-order valence-corrected chi connectivity index (χ3v) is 7.54. The summed E-state index contributed by atoms with van der Waals surface area (Å²) < 4.78 is 32.1. The van der Waals surface area contributed by atoms with Crippen molar-refractivity contribution in [3.63, 3.8) is 0 Å². The van der Waals surface area contributed by atoms with Crippen LogP contribution in [-0.2, 0) is 19.6 Å². The first-order valence-corrected chi connectivity index (χ1v) is 12.5. The maximum absolute atomic E-state index is 12.7. The van der Waals surface area contributed by atoms with Gasteiger partial charge in [-0.2, -0.15) is 0 Å². The van der Waals surface area contributed by atoms with Gasteiger partial charge < -0.3 is 15.0 Å². The quantitative estimate of drug-likeness (QED) is 0.538. The molecule has 0 bridgehead atoms. The van der Waals surface area contributed by atoms with Crippen molar-refractivity contribution in [3.05, 3.63) is 53.1 Å². The van der Waals surface area contributed by atoms with Gasteiger partial charge in [-0.25, -0.2) is 12.7 Å². The number of nitrogens with zero attached hydrogens (tertiary/aromatic N) is 2. The lowest BCUT2D eigenvalue weighted by Gasteiger charge is -2.30. The molecule has 0 aliphatic carbocycles. The minimum atomic E-state index is -3.71. The number of carbonyl (C=O) groups excluding carboxylic acids is 2. The molecule has 1 fully saturated rings. The van der Waals surface area contributed by atoms with E-state index in [4.69, 9.17) is 16.3 Å². The van der Waals surface area contributed by atoms with E-state index >= 15 is 0 Å². The fourth-order valence-electron chi connectivity index (χ4n) is 3.53. The van der Waals surface area contributed by atoms with Crippen molar-refractivity contribution in [2.24, 2.45) is 0 Å². The molecular weight excluding hydrogens is 466 g/mol. The van der Waals surface area contributed by atoms with E-state index in [1.807, 2.05) is 6.07 Å². The van der Waals surface area contributed by atoms with Crippen LogP contribution < -0.4 is 10.2 Å². The van der Waals surface area contributed by atoms with Crippen molar-refractivity contribution in [2.45, 2.75) is 24.7 Å². The summed E-state index contributed by atoms with van der Waals surface area (Å²) in [5.74, 6) is -0.349. The van der Waals surface area contributed by atoms with Gasteiger partial charge in [0.15, 0.2) is 5.78 Å². The molecule has 1 amide bonds. The lowest BCUT2D eigenvalue weighted by molar-refractivity contribution is -0.116. The van der Waals surface area contributed by atoms with E-state index in [2.05, 4.69) is 10.2 Å². The number of nitrogens with one attached hydrogen (secondary N) is 1. The number of halogens is 1. The summed E-state index contributed by atoms with van der Waals surface area (Å²) in [6, 6.07) is 11.2. The fourth-order valence-corrected chi connectivity index (χ4v) is 4.91. The number of benzene rings is 2. The van der Waals surface area contributed by atoms with Gasteiger partial charge in [0.05, 0.1) is 29.5 Å². The normalized spacial score (nSPS) is 14.4. The van der Waals surface area contributed by atoms with Crippen LogP contribution in [0.5, 0.6) is 0 Å². The Morgan fingerprint density at radius 3 is 2.42 bits per heavy atom. The average Bonchev–Trinajstić information content (AvgIpc) is 2.79. The second-order valence-corrected chi connectivity index (χ2v) is 10.3. The molecule has 1 heterocycles. The SMILES string of the molecule is CC(=O)c1ccc(S(=O)(=O)N(C)CCCC(=O)Nc2cc(Cl)ccc2N2CCOCC2)cc1. The van der Waals surface area contributed by atoms with Gasteiger partial charge in [-0.1, -0.05) is 23.7 Å². The highest BCUT2D eigenvalue weighted by molar-refractivity contribution is 7.89. The Hall–Kier alpha value is -2.46. The maximum Gasteiger partial charge on any atom is 0.242 e. The monoisotopic (exact) mass is 493 g/mol. The van der Waals surface area contributed by atoms with E-state index in [-0.39, 0.29) is 29.6 Å². The first-order chi connectivity index (χ1) is 15.7. The molecule has 0 unspecified atom stereocenters. The van der Waals surface area contributed by atoms with Crippen LogP contribution in [0.4, 0.5) is 11.4 Å². The Balaban J connectivity index is 1.57. The number of hydrogen-bond donors (Lipinski definition) is 1. The fraction of sp³-hybridized carbons (Fsp3) is 0.391. The van der Waals surface area contributed by atoms with Gasteiger partial charge in [0.1, 0.15) is 0 Å². The standard InChI is InChI=1S/C23H28ClN3O5S/c1-17(28)18-5-8-20(9-6-18)33(30,31)26(2)11-3-4-23(29)25-21-16-19(24)7-10-22(21)27-12-14-32-15-13-27/h5-10,16H,3-4,11-15H2,1-2H3,(H,25,29). The molecule has 0 aromatic heterocycles. The topological polar surface area (TPSA) is 96.0 Å². The van der Waals surface area contributed by atoms with Gasteiger partial charge in [0, 0.05) is 43.7 Å². The van der Waals surface area contributed by atoms with Gasteiger partial charge in [0.25, 0.3) is 0 Å². The highest BCUT2D eigenvalue weighted by Crippen LogP contribution is 2.30. The number of Topliss-reactive ketones (excluding diaryl/α,β-unsaturated/α-hetero) is 1. The van der Waals surface area contributed by atoms with Crippen LogP contribution in [0.2, 0.25) is 5.02 Å². The van der Waals surface area contributed by atoms with Crippen molar-refractivity contribution in [1.29, 1.82) is 0 Å². The largest absolute Gasteiger partial charge is 0.378 e. The van der Waals surface area contributed by atoms with E-state index < -0.39 is 10.0 Å². The Morgan fingerprint density at radius 2 is 1.79 bits per heavy atom. The third-order valence-electron chi connectivity index (χ3n) is 5.43. The van der Waals surface area contributed by atoms with E-state index in [1.54, 1.807) is 12.1 Å². The minimum Gasteiger partial charge on any atom is -0.378 e. The number of sulfonamides is 1. The number of rotatable bonds is 9. The van der Waals surface area contributed by atoms with E-state index in [0.29, 0.717) is 35.9 Å². The summed E-state index contributed by atoms with van der Waals surface area (Å²) in [5, 5.41) is 3.42. The van der Waals surface area contributed by atoms with Crippen LogP contribution >= 0.6 is 11.6 Å². The van der Waals surface area contributed by atoms with Crippen LogP contribution in [-0.4, -0.2) is 64.3 Å². The van der Waals surface area contributed by atoms with Crippen molar-refractivity contribution in [1.82, 2.24) is 4.31 Å². The molecule has 1 N–H and O–H groups in total. The molecule has 0 spiro atoms. The summed E-state index contributed by atoms with van der Waals surface area (Å²) >= 11 is 6.13. The Labute approximate surface area is 199 Å². The summed E-state index contributed by atoms with van der Waals surface area (Å²) in [5.41, 5.74) is 1.96. The highest BCUT2D eigenvalue weighted by Gasteiger charge is 2.21. The lowest BCUT2D eigenvalue weighted by Crippen LogP contribution is -2.36. The summed E-state index contributed by atoms with van der Waals surface area (Å²) in [6.07, 6.45) is 0.499. The highest BCUT2D eigenvalue weighted by atomic mass is 35.5. The molecule has 178 valence electrons. The first kappa shape index (κ1) is 25.2. The average molecular weight is 494 g/mol. The molecular formula is C23H28ClN3O5S. The number of hydrogen-bond acceptors (Lipinski definition) is 6. The Kier molecular flexibility index (Phi) is 8.47. The van der Waals surface area contributed by atoms with Gasteiger partial charge in [-0.15, -0.1) is 0 Å². The molecule has 2 aromatic rings. The smallest absolute Gasteiger partial charge is 0.242 e. The number of anilines is 2. The van der Waals surface area contributed by atoms with Crippen molar-refractivity contribution in [3.8, 4) is 0 Å². The van der Waals surface area contributed by atoms with Crippen LogP contribution in [0.15, 0.2) is 47.4 Å². The van der Waals surface area contributed by atoms with Crippen LogP contribution in [0.25, 0.3) is 0 Å². The lowest BCUT2D eigenvalue weighted by atomic mass is 10.2. The molecule has 0 radical (unpaired) electrons. The van der Waals surface area contributed by atoms with Gasteiger partial charge in [-0.3, -0.25) is 9.59 Å². The van der Waals surface area contributed by atoms with Gasteiger partial charge in [-0.05, 0) is 43.7 Å². The molecule has 1 aliphatic rings. The second-order valence-electron chi connectivity index (χ2n) is 7.82. The molecule has 0 saturated carbocycles. The molecule has 33 heavy (non-hydrogen) atoms. The predicted octanol–water partition coefficient (Wildman–Crippen LogP) is 3.42. The molecule has 2 aromatic carbocycles. The van der Waals surface area contributed by atoms with Crippen molar-refractivity contribution in [2.75, 3.05) is 50.1 Å². The number of morpholine rings is 1. The molecule has 10 heteroatoms. The Bertz CT molecular complexity index is 1100. The van der Waals surface area contributed by atoms with Crippen molar-refractivity contribution >= 4 is 44.7 Å². The number of ether oxygens (including phenoxy) is 1. The zero-order valence-corrected chi connectivity index (χ0v) is 20.3. The van der Waals surface area contributed by atoms with E-state index in [1.165, 1.54) is 42.5 Å². The molecule has 0 atom stereocenters. The van der Waals surface area contributed by atoms with E-state index in [9.17, 15) is 18.0 Å². The van der Waals surface area contributed by atoms with Crippen LogP contribution in [0, 0.1) is 0 Å². The number of ketones is 1. The first-order valence-electron chi connectivity index (χ1n) is 10.7. The third kappa shape index (κ3) is 6.54. The zero-order chi connectivity index (χ0) is 24.0. The number of carbonyl (C=O) groups is 2. The van der Waals surface area contributed by atoms with E-state index in [0.717, 1.165) is 18.8 Å². The Morgan fingerprint density at radius 1 is 1.12 bits per heavy atom. The zero-order valence-electron chi connectivity index (χ0n) is 18.7. The maximum atomic E-state index is 12.7. The molecule has 1 saturated heterocycles. The summed E-state index contributed by atoms with van der Waals surface area (Å²) in [4.78, 5) is 26.2. The summed E-state index contributed by atoms with van der Waals surface area (Å²) in [6.45, 7) is 4.29. The van der Waals surface area contributed by atoms with Gasteiger partial charge >= 0.3 is 0 Å². The van der Waals surface area contributed by atoms with Crippen molar-refractivity contribution < 1.29 is 22.7 Å². The minimum absolute atomic E-state index is 0.105. The van der Waals surface area contributed by atoms with Crippen LogP contribution in [0.3, 0.4) is 0 Å². The summed E-state index contributed by atoms with van der Waals surface area (Å²) in [7, 11) is -2.24. The number of amides is 1. The van der Waals surface area contributed by atoms with Gasteiger partial charge in [0.2, 0.25) is 15.9 Å². The second kappa shape index (κ2) is 11.1. The van der Waals surface area contributed by atoms with Crippen LogP contribution in [0.1, 0.15) is 30.1 Å². The molecule has 1 aliphatic heterocycles. The predicted molar refractivity (Wildman–Crippen MR) is 129 cm³/mol.